The molecule has 1 N–H and O–H groups in total. The lowest BCUT2D eigenvalue weighted by Gasteiger charge is -2.36. The van der Waals surface area contributed by atoms with E-state index < -0.39 is 8.32 Å². The summed E-state index contributed by atoms with van der Waals surface area (Å²) in [5.74, 6) is 2.40. The van der Waals surface area contributed by atoms with Crippen molar-refractivity contribution in [2.45, 2.75) is 83.2 Å². The first kappa shape index (κ1) is 24.6. The monoisotopic (exact) mass is 456 g/mol. The quantitative estimate of drug-likeness (QED) is 0.445. The van der Waals surface area contributed by atoms with Crippen molar-refractivity contribution >= 4 is 14.0 Å². The van der Waals surface area contributed by atoms with E-state index in [1.54, 1.807) is 14.2 Å². The molecule has 0 aliphatic heterocycles. The lowest BCUT2D eigenvalue weighted by Crippen LogP contribution is -2.43. The van der Waals surface area contributed by atoms with Crippen molar-refractivity contribution in [1.82, 2.24) is 4.98 Å². The summed E-state index contributed by atoms with van der Waals surface area (Å²) in [6.45, 7) is 11.9. The average molecular weight is 457 g/mol. The Morgan fingerprint density at radius 2 is 1.66 bits per heavy atom. The fourth-order valence-corrected chi connectivity index (χ4v) is 5.15. The second kappa shape index (κ2) is 10.3. The molecule has 0 saturated heterocycles. The molecule has 1 aliphatic rings. The number of aromatic nitrogens is 1. The van der Waals surface area contributed by atoms with Gasteiger partial charge in [0.05, 0.1) is 19.4 Å². The minimum absolute atomic E-state index is 0.207. The van der Waals surface area contributed by atoms with Crippen LogP contribution in [-0.4, -0.2) is 33.6 Å². The normalized spacial score (nSPS) is 19.5. The molecule has 0 atom stereocenters. The molecule has 176 valence electrons. The first-order chi connectivity index (χ1) is 15.1. The van der Waals surface area contributed by atoms with Crippen LogP contribution >= 0.6 is 0 Å². The molecule has 1 fully saturated rings. The van der Waals surface area contributed by atoms with Crippen molar-refractivity contribution in [3.8, 4) is 11.5 Å². The summed E-state index contributed by atoms with van der Waals surface area (Å²) in [5, 5.41) is 3.89. The average Bonchev–Trinajstić information content (AvgIpc) is 2.74. The molecule has 1 aromatic carbocycles. The van der Waals surface area contributed by atoms with Gasteiger partial charge >= 0.3 is 0 Å². The van der Waals surface area contributed by atoms with Crippen molar-refractivity contribution < 1.29 is 13.9 Å². The van der Waals surface area contributed by atoms with Gasteiger partial charge in [0.25, 0.3) is 0 Å². The van der Waals surface area contributed by atoms with Crippen LogP contribution in [0.25, 0.3) is 0 Å². The van der Waals surface area contributed by atoms with Crippen molar-refractivity contribution in [3.05, 3.63) is 47.8 Å². The smallest absolute Gasteiger partial charge is 0.250 e. The summed E-state index contributed by atoms with van der Waals surface area (Å²) in [4.78, 5) is 4.39. The topological polar surface area (TPSA) is 52.6 Å². The van der Waals surface area contributed by atoms with Gasteiger partial charge < -0.3 is 19.2 Å². The molecule has 0 radical (unpaired) electrons. The Labute approximate surface area is 195 Å². The minimum atomic E-state index is -1.80. The molecule has 1 aliphatic carbocycles. The van der Waals surface area contributed by atoms with Gasteiger partial charge in [-0.3, -0.25) is 4.98 Å². The third kappa shape index (κ3) is 5.84. The molecular formula is C26H40N2O3Si. The summed E-state index contributed by atoms with van der Waals surface area (Å²) in [6.07, 6.45) is 6.45. The molecule has 0 unspecified atom stereocenters. The highest BCUT2D eigenvalue weighted by Gasteiger charge is 2.39. The Morgan fingerprint density at radius 3 is 2.22 bits per heavy atom. The molecule has 2 aromatic rings. The maximum atomic E-state index is 6.44. The molecule has 32 heavy (non-hydrogen) atoms. The third-order valence-electron chi connectivity index (χ3n) is 7.08. The van der Waals surface area contributed by atoms with Crippen molar-refractivity contribution in [2.24, 2.45) is 0 Å². The second-order valence-electron chi connectivity index (χ2n) is 10.4. The number of pyridine rings is 1. The van der Waals surface area contributed by atoms with Gasteiger partial charge in [-0.2, -0.15) is 0 Å². The first-order valence-corrected chi connectivity index (χ1v) is 14.6. The van der Waals surface area contributed by atoms with Gasteiger partial charge in [0.15, 0.2) is 5.75 Å². The predicted octanol–water partition coefficient (Wildman–Crippen LogP) is 6.76. The number of nitrogens with one attached hydrogen (secondary N) is 1. The minimum Gasteiger partial charge on any atom is -0.544 e. The Balaban J connectivity index is 1.58. The molecule has 0 bridgehead atoms. The lowest BCUT2D eigenvalue weighted by molar-refractivity contribution is 0.178. The number of hydrogen-bond donors (Lipinski definition) is 1. The molecule has 5 nitrogen and oxygen atoms in total. The number of nitrogens with zero attached hydrogens (tertiary/aromatic N) is 1. The standard InChI is InChI=1S/C26H40N2O3Si/c1-26(2,3)32(6,7)31-22-14-10-20(11-15-22)19-8-12-21(13-9-19)28-23-16-17-27-24(18-29-4)25(23)30-5/h10-11,14-17,19,21H,8-9,12-13,18H2,1-7H3,(H,27,28). The van der Waals surface area contributed by atoms with Gasteiger partial charge in [-0.25, -0.2) is 0 Å². The van der Waals surface area contributed by atoms with E-state index in [1.165, 1.54) is 18.4 Å². The van der Waals surface area contributed by atoms with E-state index in [0.29, 0.717) is 18.6 Å². The molecule has 1 saturated carbocycles. The SMILES string of the molecule is COCc1nccc(NC2CCC(c3ccc(O[Si](C)(C)C(C)(C)C)cc3)CC2)c1OC. The third-order valence-corrected chi connectivity index (χ3v) is 11.4. The van der Waals surface area contributed by atoms with Crippen LogP contribution < -0.4 is 14.5 Å². The zero-order chi connectivity index (χ0) is 23.4. The largest absolute Gasteiger partial charge is 0.544 e. The fraction of sp³-hybridized carbons (Fsp3) is 0.577. The van der Waals surface area contributed by atoms with E-state index >= 15 is 0 Å². The summed E-state index contributed by atoms with van der Waals surface area (Å²) >= 11 is 0. The zero-order valence-corrected chi connectivity index (χ0v) is 21.8. The maximum absolute atomic E-state index is 6.44. The molecular weight excluding hydrogens is 416 g/mol. The molecule has 0 amide bonds. The van der Waals surface area contributed by atoms with Crippen LogP contribution in [0, 0.1) is 0 Å². The van der Waals surface area contributed by atoms with Crippen molar-refractivity contribution in [1.29, 1.82) is 0 Å². The highest BCUT2D eigenvalue weighted by Crippen LogP contribution is 2.39. The Morgan fingerprint density at radius 1 is 1.00 bits per heavy atom. The number of ether oxygens (including phenoxy) is 2. The molecule has 3 rings (SSSR count). The maximum Gasteiger partial charge on any atom is 0.250 e. The number of benzene rings is 1. The molecule has 6 heteroatoms. The summed E-state index contributed by atoms with van der Waals surface area (Å²) in [5.41, 5.74) is 3.26. The summed E-state index contributed by atoms with van der Waals surface area (Å²) < 4.78 is 17.3. The predicted molar refractivity (Wildman–Crippen MR) is 134 cm³/mol. The number of hydrogen-bond acceptors (Lipinski definition) is 5. The van der Waals surface area contributed by atoms with E-state index in [-0.39, 0.29) is 5.04 Å². The van der Waals surface area contributed by atoms with Crippen LogP contribution in [0.15, 0.2) is 36.5 Å². The van der Waals surface area contributed by atoms with Gasteiger partial charge in [-0.05, 0) is 73.5 Å². The van der Waals surface area contributed by atoms with Crippen LogP contribution in [0.2, 0.25) is 18.1 Å². The van der Waals surface area contributed by atoms with Gasteiger partial charge in [0.1, 0.15) is 11.4 Å². The van der Waals surface area contributed by atoms with Crippen LogP contribution in [-0.2, 0) is 11.3 Å². The Kier molecular flexibility index (Phi) is 7.88. The van der Waals surface area contributed by atoms with Gasteiger partial charge in [0.2, 0.25) is 8.32 Å². The van der Waals surface area contributed by atoms with Crippen LogP contribution in [0.3, 0.4) is 0 Å². The van der Waals surface area contributed by atoms with Crippen LogP contribution in [0.4, 0.5) is 5.69 Å². The van der Waals surface area contributed by atoms with E-state index in [0.717, 1.165) is 35.7 Å². The van der Waals surface area contributed by atoms with E-state index in [9.17, 15) is 0 Å². The number of rotatable bonds is 8. The van der Waals surface area contributed by atoms with E-state index in [2.05, 4.69) is 68.4 Å². The molecule has 1 heterocycles. The highest BCUT2D eigenvalue weighted by molar-refractivity contribution is 6.74. The van der Waals surface area contributed by atoms with Gasteiger partial charge in [-0.15, -0.1) is 0 Å². The van der Waals surface area contributed by atoms with Crippen LogP contribution in [0.1, 0.15) is 63.6 Å². The Bertz CT molecular complexity index is 870. The molecule has 0 spiro atoms. The first-order valence-electron chi connectivity index (χ1n) is 11.7. The number of methoxy groups -OCH3 is 2. The second-order valence-corrected chi connectivity index (χ2v) is 15.1. The van der Waals surface area contributed by atoms with Crippen molar-refractivity contribution in [3.63, 3.8) is 0 Å². The van der Waals surface area contributed by atoms with Crippen LogP contribution in [0.5, 0.6) is 11.5 Å². The summed E-state index contributed by atoms with van der Waals surface area (Å²) in [6, 6.07) is 11.3. The van der Waals surface area contributed by atoms with Crippen molar-refractivity contribution in [2.75, 3.05) is 19.5 Å². The lowest BCUT2D eigenvalue weighted by atomic mass is 9.81. The van der Waals surface area contributed by atoms with Gasteiger partial charge in [0, 0.05) is 19.3 Å². The zero-order valence-electron chi connectivity index (χ0n) is 20.8. The van der Waals surface area contributed by atoms with E-state index in [4.69, 9.17) is 13.9 Å². The fourth-order valence-electron chi connectivity index (χ4n) is 4.12. The summed E-state index contributed by atoms with van der Waals surface area (Å²) in [7, 11) is 1.57. The van der Waals surface area contributed by atoms with Gasteiger partial charge in [-0.1, -0.05) is 32.9 Å². The van der Waals surface area contributed by atoms with E-state index in [1.807, 2.05) is 12.3 Å². The highest BCUT2D eigenvalue weighted by atomic mass is 28.4. The molecule has 1 aromatic heterocycles. The number of anilines is 1. The Hall–Kier alpha value is -2.05.